The maximum atomic E-state index is 11.8. The second-order valence-electron chi connectivity index (χ2n) is 4.99. The molecule has 8 heteroatoms. The molecule has 0 aromatic rings. The summed E-state index contributed by atoms with van der Waals surface area (Å²) in [6.07, 6.45) is -0.460. The van der Waals surface area contributed by atoms with Crippen LogP contribution < -0.4 is 0 Å². The molecule has 0 aromatic heterocycles. The van der Waals surface area contributed by atoms with Crippen LogP contribution in [0.5, 0.6) is 0 Å². The second-order valence-corrected chi connectivity index (χ2v) is 7.50. The quantitative estimate of drug-likeness (QED) is 0.704. The van der Waals surface area contributed by atoms with Gasteiger partial charge < -0.3 is 9.64 Å². The molecule has 0 fully saturated rings. The van der Waals surface area contributed by atoms with Crippen molar-refractivity contribution in [2.45, 2.75) is 40.2 Å². The molecule has 0 bridgehead atoms. The van der Waals surface area contributed by atoms with Gasteiger partial charge in [0.2, 0.25) is 0 Å². The number of carbonyl (C=O) groups is 1. The van der Waals surface area contributed by atoms with E-state index in [1.54, 1.807) is 34.6 Å². The number of halogens is 1. The lowest BCUT2D eigenvalue weighted by atomic mass is 10.2. The Labute approximate surface area is 120 Å². The summed E-state index contributed by atoms with van der Waals surface area (Å²) in [5.41, 5.74) is -0.576. The Morgan fingerprint density at radius 3 is 2.00 bits per heavy atom. The number of hydrogen-bond acceptors (Lipinski definition) is 4. The first-order valence-electron chi connectivity index (χ1n) is 6.19. The van der Waals surface area contributed by atoms with Gasteiger partial charge in [-0.15, -0.1) is 0 Å². The molecule has 0 aromatic carbocycles. The lowest BCUT2D eigenvalue weighted by Gasteiger charge is -2.27. The van der Waals surface area contributed by atoms with Crippen molar-refractivity contribution in [2.75, 3.05) is 26.2 Å². The fourth-order valence-electron chi connectivity index (χ4n) is 1.36. The minimum absolute atomic E-state index is 0.148. The topological polar surface area (TPSA) is 66.9 Å². The number of amides is 1. The number of rotatable bonds is 6. The van der Waals surface area contributed by atoms with Crippen LogP contribution in [0.4, 0.5) is 4.79 Å². The van der Waals surface area contributed by atoms with Crippen molar-refractivity contribution < 1.29 is 17.9 Å². The predicted octanol–water partition coefficient (Wildman–Crippen LogP) is 2.05. The zero-order valence-corrected chi connectivity index (χ0v) is 13.7. The van der Waals surface area contributed by atoms with Crippen LogP contribution in [0, 0.1) is 0 Å². The highest BCUT2D eigenvalue weighted by atomic mass is 35.7. The van der Waals surface area contributed by atoms with Gasteiger partial charge in [-0.3, -0.25) is 0 Å². The van der Waals surface area contributed by atoms with E-state index in [4.69, 9.17) is 15.4 Å². The summed E-state index contributed by atoms with van der Waals surface area (Å²) >= 11 is 0. The summed E-state index contributed by atoms with van der Waals surface area (Å²) in [5, 5.41) is 0. The SMILES string of the molecule is CCN(CCN(CC)S(=O)(=O)Cl)C(=O)OC(C)(C)C. The number of nitrogens with zero attached hydrogens (tertiary/aromatic N) is 2. The normalized spacial score (nSPS) is 12.6. The van der Waals surface area contributed by atoms with E-state index in [9.17, 15) is 13.2 Å². The van der Waals surface area contributed by atoms with Crippen molar-refractivity contribution in [1.29, 1.82) is 0 Å². The summed E-state index contributed by atoms with van der Waals surface area (Å²) in [5.74, 6) is 0. The fourth-order valence-corrected chi connectivity index (χ4v) is 2.47. The highest BCUT2D eigenvalue weighted by molar-refractivity contribution is 8.11. The van der Waals surface area contributed by atoms with Gasteiger partial charge in [0.1, 0.15) is 5.60 Å². The van der Waals surface area contributed by atoms with Gasteiger partial charge in [0.05, 0.1) is 0 Å². The van der Waals surface area contributed by atoms with Crippen LogP contribution >= 0.6 is 10.7 Å². The molecule has 0 N–H and O–H groups in total. The Balaban J connectivity index is 4.54. The van der Waals surface area contributed by atoms with Gasteiger partial charge in [0.25, 0.3) is 9.24 Å². The van der Waals surface area contributed by atoms with Crippen LogP contribution in [0.2, 0.25) is 0 Å². The molecule has 0 radical (unpaired) electrons. The standard InChI is InChI=1S/C11H23ClN2O4S/c1-6-13(10(15)18-11(3,4)5)8-9-14(7-2)19(12,16)17/h6-9H2,1-5H3. The Bertz CT molecular complexity index is 392. The summed E-state index contributed by atoms with van der Waals surface area (Å²) in [6, 6.07) is 0. The molecular formula is C11H23ClN2O4S. The average molecular weight is 315 g/mol. The Kier molecular flexibility index (Phi) is 7.10. The third-order valence-electron chi connectivity index (χ3n) is 2.31. The van der Waals surface area contributed by atoms with Crippen molar-refractivity contribution in [3.8, 4) is 0 Å². The van der Waals surface area contributed by atoms with Crippen molar-refractivity contribution in [1.82, 2.24) is 9.21 Å². The maximum Gasteiger partial charge on any atom is 0.410 e. The van der Waals surface area contributed by atoms with Crippen molar-refractivity contribution in [2.24, 2.45) is 0 Å². The lowest BCUT2D eigenvalue weighted by Crippen LogP contribution is -2.42. The molecule has 6 nitrogen and oxygen atoms in total. The minimum atomic E-state index is -3.75. The van der Waals surface area contributed by atoms with E-state index in [0.717, 1.165) is 4.31 Å². The van der Waals surface area contributed by atoms with Crippen LogP contribution in [0.3, 0.4) is 0 Å². The Morgan fingerprint density at radius 1 is 1.16 bits per heavy atom. The van der Waals surface area contributed by atoms with Gasteiger partial charge in [-0.2, -0.15) is 12.7 Å². The van der Waals surface area contributed by atoms with Gasteiger partial charge in [0.15, 0.2) is 0 Å². The molecule has 0 saturated heterocycles. The molecule has 0 aliphatic heterocycles. The molecular weight excluding hydrogens is 292 g/mol. The van der Waals surface area contributed by atoms with Crippen LogP contribution in [0.15, 0.2) is 0 Å². The molecule has 0 unspecified atom stereocenters. The number of likely N-dealkylation sites (N-methyl/N-ethyl adjacent to an activating group) is 2. The fraction of sp³-hybridized carbons (Fsp3) is 0.909. The van der Waals surface area contributed by atoms with Gasteiger partial charge in [-0.1, -0.05) is 6.92 Å². The maximum absolute atomic E-state index is 11.8. The van der Waals surface area contributed by atoms with E-state index < -0.39 is 20.9 Å². The Hall–Kier alpha value is -0.530. The smallest absolute Gasteiger partial charge is 0.410 e. The molecule has 19 heavy (non-hydrogen) atoms. The van der Waals surface area contributed by atoms with Gasteiger partial charge in [0, 0.05) is 36.9 Å². The molecule has 114 valence electrons. The van der Waals surface area contributed by atoms with Crippen LogP contribution in [-0.4, -0.2) is 55.5 Å². The van der Waals surface area contributed by atoms with Crippen LogP contribution in [-0.2, 0) is 14.0 Å². The first kappa shape index (κ1) is 18.5. The molecule has 1 amide bonds. The van der Waals surface area contributed by atoms with Crippen molar-refractivity contribution in [3.63, 3.8) is 0 Å². The van der Waals surface area contributed by atoms with E-state index in [2.05, 4.69) is 0 Å². The largest absolute Gasteiger partial charge is 0.444 e. The van der Waals surface area contributed by atoms with Crippen LogP contribution in [0.25, 0.3) is 0 Å². The first-order chi connectivity index (χ1) is 8.51. The molecule has 0 aliphatic carbocycles. The van der Waals surface area contributed by atoms with Crippen molar-refractivity contribution in [3.05, 3.63) is 0 Å². The van der Waals surface area contributed by atoms with Crippen LogP contribution in [0.1, 0.15) is 34.6 Å². The minimum Gasteiger partial charge on any atom is -0.444 e. The van der Waals surface area contributed by atoms with Gasteiger partial charge in [-0.25, -0.2) is 4.79 Å². The zero-order chi connectivity index (χ0) is 15.3. The van der Waals surface area contributed by atoms with E-state index in [1.807, 2.05) is 0 Å². The molecule has 0 aliphatic rings. The monoisotopic (exact) mass is 314 g/mol. The van der Waals surface area contributed by atoms with E-state index in [1.165, 1.54) is 4.90 Å². The van der Waals surface area contributed by atoms with E-state index in [-0.39, 0.29) is 19.6 Å². The van der Waals surface area contributed by atoms with Gasteiger partial charge in [-0.05, 0) is 27.7 Å². The van der Waals surface area contributed by atoms with E-state index >= 15 is 0 Å². The average Bonchev–Trinajstić information content (AvgIpc) is 2.19. The Morgan fingerprint density at radius 2 is 1.68 bits per heavy atom. The number of ether oxygens (including phenoxy) is 1. The molecule has 0 rings (SSSR count). The highest BCUT2D eigenvalue weighted by Gasteiger charge is 2.23. The predicted molar refractivity (Wildman–Crippen MR) is 75.5 cm³/mol. The highest BCUT2D eigenvalue weighted by Crippen LogP contribution is 2.11. The van der Waals surface area contributed by atoms with E-state index in [0.29, 0.717) is 6.54 Å². The summed E-state index contributed by atoms with van der Waals surface area (Å²) < 4.78 is 28.8. The third-order valence-corrected chi connectivity index (χ3v) is 3.96. The second kappa shape index (κ2) is 7.31. The molecule has 0 saturated carbocycles. The number of carbonyl (C=O) groups excluding carboxylic acids is 1. The molecule has 0 heterocycles. The molecule has 0 spiro atoms. The summed E-state index contributed by atoms with van der Waals surface area (Å²) in [7, 11) is 1.52. The van der Waals surface area contributed by atoms with Gasteiger partial charge >= 0.3 is 6.09 Å². The lowest BCUT2D eigenvalue weighted by molar-refractivity contribution is 0.0254. The summed E-state index contributed by atoms with van der Waals surface area (Å²) in [4.78, 5) is 13.3. The first-order valence-corrected chi connectivity index (χ1v) is 8.45. The summed E-state index contributed by atoms with van der Waals surface area (Å²) in [6.45, 7) is 9.91. The third kappa shape index (κ3) is 7.59. The zero-order valence-electron chi connectivity index (χ0n) is 12.1. The molecule has 0 atom stereocenters. The van der Waals surface area contributed by atoms with Crippen molar-refractivity contribution >= 4 is 26.0 Å². The number of hydrogen-bond donors (Lipinski definition) is 0.